The number of ether oxygens (including phenoxy) is 2. The van der Waals surface area contributed by atoms with E-state index in [1.165, 1.54) is 50.6 Å². The Balaban J connectivity index is 1.67. The van der Waals surface area contributed by atoms with Gasteiger partial charge in [-0.3, -0.25) is 4.72 Å². The van der Waals surface area contributed by atoms with Gasteiger partial charge < -0.3 is 13.7 Å². The third kappa shape index (κ3) is 6.50. The molecule has 0 atom stereocenters. The number of sulfonamides is 1. The van der Waals surface area contributed by atoms with Crippen molar-refractivity contribution in [3.05, 3.63) is 90.2 Å². The molecule has 204 valence electrons. The van der Waals surface area contributed by atoms with E-state index in [4.69, 9.17) is 13.7 Å². The van der Waals surface area contributed by atoms with Gasteiger partial charge in [-0.2, -0.15) is 8.42 Å². The van der Waals surface area contributed by atoms with Crippen molar-refractivity contribution in [3.8, 4) is 39.5 Å². The first-order chi connectivity index (χ1) is 18.4. The summed E-state index contributed by atoms with van der Waals surface area (Å²) in [7, 11) is -4.68. The lowest BCUT2D eigenvalue weighted by molar-refractivity contribution is 0.406. The smallest absolute Gasteiger partial charge is 0.306 e. The van der Waals surface area contributed by atoms with Crippen molar-refractivity contribution in [3.63, 3.8) is 0 Å². The molecule has 11 heteroatoms. The Labute approximate surface area is 227 Å². The highest BCUT2D eigenvalue weighted by Gasteiger charge is 2.19. The van der Waals surface area contributed by atoms with E-state index in [2.05, 4.69) is 4.72 Å². The van der Waals surface area contributed by atoms with Crippen LogP contribution in [0.25, 0.3) is 22.3 Å². The quantitative estimate of drug-likeness (QED) is 0.260. The summed E-state index contributed by atoms with van der Waals surface area (Å²) in [6.07, 6.45) is 0.960. The van der Waals surface area contributed by atoms with Crippen LogP contribution in [0, 0.1) is 12.7 Å². The first-order valence-electron chi connectivity index (χ1n) is 11.6. The largest absolute Gasteiger partial charge is 0.496 e. The number of hydrogen-bond donors (Lipinski definition) is 1. The Hall–Kier alpha value is -4.09. The van der Waals surface area contributed by atoms with E-state index >= 15 is 4.39 Å². The molecule has 0 saturated carbocycles. The average molecular weight is 572 g/mol. The molecule has 0 aromatic heterocycles. The number of halogens is 1. The number of nitrogens with one attached hydrogen (secondary N) is 1. The van der Waals surface area contributed by atoms with Gasteiger partial charge in [-0.25, -0.2) is 12.8 Å². The lowest BCUT2D eigenvalue weighted by atomic mass is 9.97. The number of rotatable bonds is 9. The second-order valence-corrected chi connectivity index (χ2v) is 11.9. The Morgan fingerprint density at radius 1 is 0.718 bits per heavy atom. The number of benzene rings is 4. The van der Waals surface area contributed by atoms with Gasteiger partial charge in [0.1, 0.15) is 23.1 Å². The van der Waals surface area contributed by atoms with Crippen molar-refractivity contribution < 1.29 is 34.9 Å². The molecule has 4 rings (SSSR count). The topological polar surface area (TPSA) is 108 Å². The highest BCUT2D eigenvalue weighted by atomic mass is 32.2. The molecule has 0 heterocycles. The predicted octanol–water partition coefficient (Wildman–Crippen LogP) is 5.62. The summed E-state index contributed by atoms with van der Waals surface area (Å²) in [5, 5.41) is 0. The van der Waals surface area contributed by atoms with E-state index in [0.717, 1.165) is 11.8 Å². The molecule has 0 aliphatic carbocycles. The van der Waals surface area contributed by atoms with Crippen molar-refractivity contribution in [2.24, 2.45) is 0 Å². The lowest BCUT2D eigenvalue weighted by Crippen LogP contribution is -2.14. The Kier molecular flexibility index (Phi) is 7.84. The van der Waals surface area contributed by atoms with Crippen molar-refractivity contribution in [1.29, 1.82) is 0 Å². The summed E-state index contributed by atoms with van der Waals surface area (Å²) in [6.45, 7) is 1.84. The van der Waals surface area contributed by atoms with Crippen LogP contribution in [0.4, 0.5) is 10.1 Å². The van der Waals surface area contributed by atoms with Gasteiger partial charge >= 0.3 is 10.1 Å². The normalized spacial score (nSPS) is 11.6. The molecule has 0 saturated heterocycles. The van der Waals surface area contributed by atoms with Crippen LogP contribution >= 0.6 is 0 Å². The van der Waals surface area contributed by atoms with Crippen LogP contribution in [0.5, 0.6) is 17.2 Å². The molecule has 4 aromatic carbocycles. The summed E-state index contributed by atoms with van der Waals surface area (Å²) in [6, 6.07) is 20.1. The molecule has 39 heavy (non-hydrogen) atoms. The molecule has 0 fully saturated rings. The van der Waals surface area contributed by atoms with Crippen LogP contribution in [0.2, 0.25) is 0 Å². The highest BCUT2D eigenvalue weighted by molar-refractivity contribution is 7.92. The Bertz CT molecular complexity index is 1720. The fourth-order valence-corrected chi connectivity index (χ4v) is 5.43. The summed E-state index contributed by atoms with van der Waals surface area (Å²) < 4.78 is 81.6. The zero-order valence-corrected chi connectivity index (χ0v) is 23.2. The molecular formula is C28H26FNO7S2. The summed E-state index contributed by atoms with van der Waals surface area (Å²) >= 11 is 0. The SMILES string of the molecule is COc1cc(-c2ccc(NS(=O)(=O)c3ccc(C)cc3)c(F)c2)c(OC)cc1-c1ccc(OS(C)(=O)=O)cc1. The molecule has 0 aliphatic rings. The van der Waals surface area contributed by atoms with E-state index < -0.39 is 26.0 Å². The summed E-state index contributed by atoms with van der Waals surface area (Å²) in [5.41, 5.74) is 3.00. The molecule has 0 radical (unpaired) electrons. The molecule has 8 nitrogen and oxygen atoms in total. The van der Waals surface area contributed by atoms with Crippen LogP contribution < -0.4 is 18.4 Å². The third-order valence-electron chi connectivity index (χ3n) is 5.79. The van der Waals surface area contributed by atoms with Gasteiger partial charge in [0.15, 0.2) is 0 Å². The predicted molar refractivity (Wildman–Crippen MR) is 148 cm³/mol. The number of aryl methyl sites for hydroxylation is 1. The van der Waals surface area contributed by atoms with Crippen molar-refractivity contribution >= 4 is 25.8 Å². The van der Waals surface area contributed by atoms with Crippen LogP contribution in [-0.4, -0.2) is 37.3 Å². The standard InChI is InChI=1S/C28H26FNO7S2/c1-18-5-12-22(13-6-18)39(33,34)30-26-14-9-20(15-25(26)29)24-17-27(35-2)23(16-28(24)36-3)19-7-10-21(11-8-19)37-38(4,31)32/h5-17,30H,1-4H3. The minimum Gasteiger partial charge on any atom is -0.496 e. The van der Waals surface area contributed by atoms with Crippen molar-refractivity contribution in [2.45, 2.75) is 11.8 Å². The Morgan fingerprint density at radius 3 is 1.77 bits per heavy atom. The maximum Gasteiger partial charge on any atom is 0.306 e. The molecule has 0 aliphatic heterocycles. The molecule has 0 unspecified atom stereocenters. The van der Waals surface area contributed by atoms with Gasteiger partial charge in [0, 0.05) is 11.1 Å². The van der Waals surface area contributed by atoms with Gasteiger partial charge in [0.05, 0.1) is 31.1 Å². The minimum atomic E-state index is -3.98. The maximum absolute atomic E-state index is 15.1. The number of anilines is 1. The van der Waals surface area contributed by atoms with Crippen LogP contribution in [0.3, 0.4) is 0 Å². The first kappa shape index (κ1) is 27.9. The van der Waals surface area contributed by atoms with Gasteiger partial charge in [0.25, 0.3) is 10.0 Å². The van der Waals surface area contributed by atoms with E-state index in [0.29, 0.717) is 33.8 Å². The summed E-state index contributed by atoms with van der Waals surface area (Å²) in [4.78, 5) is 0.0227. The van der Waals surface area contributed by atoms with Gasteiger partial charge in [-0.05, 0) is 66.6 Å². The molecule has 0 spiro atoms. The zero-order valence-electron chi connectivity index (χ0n) is 21.6. The fraction of sp³-hybridized carbons (Fsp3) is 0.143. The summed E-state index contributed by atoms with van der Waals surface area (Å²) in [5.74, 6) is 0.258. The van der Waals surface area contributed by atoms with Gasteiger partial charge in [-0.1, -0.05) is 35.9 Å². The van der Waals surface area contributed by atoms with E-state index in [1.807, 2.05) is 6.92 Å². The van der Waals surface area contributed by atoms with Crippen molar-refractivity contribution in [2.75, 3.05) is 25.2 Å². The Morgan fingerprint density at radius 2 is 1.26 bits per heavy atom. The molecule has 0 amide bonds. The second kappa shape index (κ2) is 11.0. The zero-order chi connectivity index (χ0) is 28.4. The second-order valence-electron chi connectivity index (χ2n) is 8.68. The van der Waals surface area contributed by atoms with Crippen LogP contribution in [0.15, 0.2) is 83.8 Å². The number of methoxy groups -OCH3 is 2. The van der Waals surface area contributed by atoms with E-state index in [-0.39, 0.29) is 16.3 Å². The highest BCUT2D eigenvalue weighted by Crippen LogP contribution is 2.41. The first-order valence-corrected chi connectivity index (χ1v) is 14.9. The lowest BCUT2D eigenvalue weighted by Gasteiger charge is -2.16. The van der Waals surface area contributed by atoms with E-state index in [9.17, 15) is 16.8 Å². The minimum absolute atomic E-state index is 0.0227. The van der Waals surface area contributed by atoms with Gasteiger partial charge in [-0.15, -0.1) is 0 Å². The average Bonchev–Trinajstić information content (AvgIpc) is 2.89. The molecule has 4 aromatic rings. The molecular weight excluding hydrogens is 545 g/mol. The van der Waals surface area contributed by atoms with Crippen LogP contribution in [-0.2, 0) is 20.1 Å². The number of hydrogen-bond acceptors (Lipinski definition) is 7. The van der Waals surface area contributed by atoms with Gasteiger partial charge in [0.2, 0.25) is 0 Å². The van der Waals surface area contributed by atoms with Crippen molar-refractivity contribution in [1.82, 2.24) is 0 Å². The maximum atomic E-state index is 15.1. The fourth-order valence-electron chi connectivity index (χ4n) is 3.90. The molecule has 0 bridgehead atoms. The third-order valence-corrected chi connectivity index (χ3v) is 7.67. The monoisotopic (exact) mass is 571 g/mol. The van der Waals surface area contributed by atoms with Crippen LogP contribution in [0.1, 0.15) is 5.56 Å². The molecule has 1 N–H and O–H groups in total. The van der Waals surface area contributed by atoms with E-state index in [1.54, 1.807) is 42.5 Å².